The maximum atomic E-state index is 11.7. The lowest BCUT2D eigenvalue weighted by molar-refractivity contribution is 0.0910. The third-order valence-corrected chi connectivity index (χ3v) is 5.16. The van der Waals surface area contributed by atoms with Gasteiger partial charge in [0.05, 0.1) is 6.26 Å². The molecule has 0 bridgehead atoms. The molecule has 0 aliphatic carbocycles. The summed E-state index contributed by atoms with van der Waals surface area (Å²) in [5.41, 5.74) is 1.23. The van der Waals surface area contributed by atoms with Gasteiger partial charge in [-0.1, -0.05) is 30.3 Å². The molecule has 0 radical (unpaired) electrons. The smallest absolute Gasteiger partial charge is 0.140 e. The van der Waals surface area contributed by atoms with Gasteiger partial charge < -0.3 is 9.29 Å². The molecule has 4 heteroatoms. The van der Waals surface area contributed by atoms with E-state index in [4.69, 9.17) is 9.88 Å². The summed E-state index contributed by atoms with van der Waals surface area (Å²) < 4.78 is 17.1. The van der Waals surface area contributed by atoms with Gasteiger partial charge in [0.25, 0.3) is 0 Å². The maximum Gasteiger partial charge on any atom is 0.140 e. The van der Waals surface area contributed by atoms with E-state index in [0.29, 0.717) is 0 Å². The molecule has 2 N–H and O–H groups in total. The van der Waals surface area contributed by atoms with Gasteiger partial charge in [0.1, 0.15) is 10.9 Å². The van der Waals surface area contributed by atoms with Crippen molar-refractivity contribution in [3.63, 3.8) is 0 Å². The quantitative estimate of drug-likeness (QED) is 0.848. The van der Waals surface area contributed by atoms with Gasteiger partial charge in [-0.3, -0.25) is 0 Å². The van der Waals surface area contributed by atoms with Crippen LogP contribution in [0.3, 0.4) is 0 Å². The topological polar surface area (TPSA) is 58.3 Å². The molecule has 1 aromatic carbocycles. The molecule has 1 heterocycles. The fraction of sp³-hybridized carbons (Fsp3) is 0.500. The highest BCUT2D eigenvalue weighted by Crippen LogP contribution is 2.36. The number of benzene rings is 1. The van der Waals surface area contributed by atoms with Crippen LogP contribution in [-0.4, -0.2) is 15.4 Å². The summed E-state index contributed by atoms with van der Waals surface area (Å²) in [7, 11) is 0. The lowest BCUT2D eigenvalue weighted by Gasteiger charge is -2.34. The molecule has 0 saturated heterocycles. The van der Waals surface area contributed by atoms with Crippen LogP contribution in [0.4, 0.5) is 0 Å². The zero-order chi connectivity index (χ0) is 14.6. The van der Waals surface area contributed by atoms with Crippen molar-refractivity contribution in [3.05, 3.63) is 48.2 Å². The molecule has 3 nitrogen and oxygen atoms in total. The van der Waals surface area contributed by atoms with Crippen molar-refractivity contribution in [3.8, 4) is 0 Å². The third kappa shape index (κ3) is 3.78. The Bertz CT molecular complexity index is 445. The summed E-state index contributed by atoms with van der Waals surface area (Å²) >= 11 is -1.35. The zero-order valence-corrected chi connectivity index (χ0v) is 12.9. The molecule has 1 unspecified atom stereocenters. The number of nitrogens with two attached hydrogens (primary N) is 1. The Morgan fingerprint density at radius 3 is 2.65 bits per heavy atom. The Morgan fingerprint density at radius 1 is 1.40 bits per heavy atom. The number of hydrogen-bond acceptors (Lipinski definition) is 3. The second kappa shape index (κ2) is 6.66. The summed E-state index contributed by atoms with van der Waals surface area (Å²) in [5.74, 6) is 0.212. The lowest BCUT2D eigenvalue weighted by atomic mass is 9.83. The minimum absolute atomic E-state index is 0.130. The summed E-state index contributed by atoms with van der Waals surface area (Å²) in [6, 6.07) is 10.3. The molecule has 0 aromatic heterocycles. The van der Waals surface area contributed by atoms with Crippen LogP contribution in [0.25, 0.3) is 0 Å². The maximum absolute atomic E-state index is 11.7. The number of allylic oxidation sites excluding steroid dienone is 1. The molecule has 0 spiro atoms. The van der Waals surface area contributed by atoms with Gasteiger partial charge in [0.15, 0.2) is 0 Å². The van der Waals surface area contributed by atoms with E-state index < -0.39 is 16.1 Å². The second-order valence-electron chi connectivity index (χ2n) is 5.90. The fourth-order valence-corrected chi connectivity index (χ4v) is 2.97. The van der Waals surface area contributed by atoms with Gasteiger partial charge >= 0.3 is 0 Å². The molecule has 1 aliphatic heterocycles. The Kier molecular flexibility index (Phi) is 5.13. The van der Waals surface area contributed by atoms with Crippen LogP contribution in [0, 0.1) is 0 Å². The van der Waals surface area contributed by atoms with Gasteiger partial charge in [-0.05, 0) is 38.3 Å². The van der Waals surface area contributed by atoms with Crippen molar-refractivity contribution < 1.29 is 9.29 Å². The molecule has 20 heavy (non-hydrogen) atoms. The van der Waals surface area contributed by atoms with Gasteiger partial charge in [-0.25, -0.2) is 0 Å². The van der Waals surface area contributed by atoms with Crippen LogP contribution in [0.5, 0.6) is 0 Å². The van der Waals surface area contributed by atoms with Crippen molar-refractivity contribution in [2.75, 3.05) is 0 Å². The summed E-state index contributed by atoms with van der Waals surface area (Å²) in [6.07, 6.45) is 6.73. The summed E-state index contributed by atoms with van der Waals surface area (Å²) in [6.45, 7) is 3.91. The molecule has 2 rings (SSSR count). The van der Waals surface area contributed by atoms with Crippen molar-refractivity contribution in [1.82, 2.24) is 0 Å². The largest absolute Gasteiger partial charge is 0.598 e. The number of rotatable bonds is 5. The van der Waals surface area contributed by atoms with E-state index in [2.05, 4.69) is 12.1 Å². The molecule has 3 atom stereocenters. The molecule has 110 valence electrons. The van der Waals surface area contributed by atoms with E-state index in [9.17, 15) is 4.55 Å². The van der Waals surface area contributed by atoms with Crippen LogP contribution in [-0.2, 0) is 16.1 Å². The molecule has 0 amide bonds. The molecular formula is C16H23NO2S. The van der Waals surface area contributed by atoms with Crippen molar-refractivity contribution in [2.24, 2.45) is 5.14 Å². The van der Waals surface area contributed by atoms with E-state index in [1.807, 2.05) is 38.1 Å². The highest BCUT2D eigenvalue weighted by Gasteiger charge is 2.37. The predicted molar refractivity (Wildman–Crippen MR) is 83.5 cm³/mol. The van der Waals surface area contributed by atoms with E-state index in [1.165, 1.54) is 5.56 Å². The minimum atomic E-state index is -1.35. The highest BCUT2D eigenvalue weighted by atomic mass is 32.2. The highest BCUT2D eigenvalue weighted by molar-refractivity contribution is 7.90. The Hall–Kier alpha value is -0.970. The van der Waals surface area contributed by atoms with Crippen molar-refractivity contribution >= 4 is 11.4 Å². The first-order valence-electron chi connectivity index (χ1n) is 7.02. The number of hydrogen-bond donors (Lipinski definition) is 1. The third-order valence-electron chi connectivity index (χ3n) is 3.90. The molecular weight excluding hydrogens is 270 g/mol. The Labute approximate surface area is 124 Å². The van der Waals surface area contributed by atoms with Gasteiger partial charge in [0, 0.05) is 23.7 Å². The molecule has 0 saturated carbocycles. The van der Waals surface area contributed by atoms with Gasteiger partial charge in [0.2, 0.25) is 0 Å². The van der Waals surface area contributed by atoms with Crippen molar-refractivity contribution in [2.45, 2.75) is 49.9 Å². The fourth-order valence-electron chi connectivity index (χ4n) is 2.62. The summed E-state index contributed by atoms with van der Waals surface area (Å²) in [4.78, 5) is 0. The standard InChI is InChI=1S/C16H23NO2S/c1-16(2,20(17)18)12-14(13-8-4-3-5-9-13)15-10-6-7-11-19-15/h3-5,7-9,11,14-15H,6,10,12,17H2,1-2H3/t14-,15+,20?/m1/s1. The predicted octanol–water partition coefficient (Wildman–Crippen LogP) is 3.25. The van der Waals surface area contributed by atoms with E-state index >= 15 is 0 Å². The van der Waals surface area contributed by atoms with Crippen LogP contribution in [0.15, 0.2) is 42.7 Å². The van der Waals surface area contributed by atoms with Crippen molar-refractivity contribution in [1.29, 1.82) is 0 Å². The first-order chi connectivity index (χ1) is 9.50. The molecule has 0 fully saturated rings. The molecule has 1 aliphatic rings. The SMILES string of the molecule is CC(C)(C[C@H](c1ccccc1)[C@@H]1CCC=CO1)[S+](N)[O-]. The normalized spacial score (nSPS) is 22.1. The minimum Gasteiger partial charge on any atom is -0.598 e. The first-order valence-corrected chi connectivity index (χ1v) is 8.24. The lowest BCUT2D eigenvalue weighted by Crippen LogP contribution is -2.41. The monoisotopic (exact) mass is 293 g/mol. The average Bonchev–Trinajstić information content (AvgIpc) is 2.46. The van der Waals surface area contributed by atoms with Crippen LogP contribution >= 0.6 is 0 Å². The first kappa shape index (κ1) is 15.4. The van der Waals surface area contributed by atoms with Crippen LogP contribution in [0.2, 0.25) is 0 Å². The van der Waals surface area contributed by atoms with Crippen LogP contribution in [0.1, 0.15) is 44.6 Å². The average molecular weight is 293 g/mol. The van der Waals surface area contributed by atoms with Crippen LogP contribution < -0.4 is 5.14 Å². The zero-order valence-electron chi connectivity index (χ0n) is 12.1. The van der Waals surface area contributed by atoms with E-state index in [0.717, 1.165) is 19.3 Å². The second-order valence-corrected chi connectivity index (χ2v) is 7.60. The molecule has 1 aromatic rings. The van der Waals surface area contributed by atoms with E-state index in [-0.39, 0.29) is 12.0 Å². The Morgan fingerprint density at radius 2 is 2.10 bits per heavy atom. The van der Waals surface area contributed by atoms with Gasteiger partial charge in [-0.2, -0.15) is 5.14 Å². The Balaban J connectivity index is 2.22. The number of ether oxygens (including phenoxy) is 1. The van der Waals surface area contributed by atoms with E-state index in [1.54, 1.807) is 6.26 Å². The van der Waals surface area contributed by atoms with Gasteiger partial charge in [-0.15, -0.1) is 0 Å². The summed E-state index contributed by atoms with van der Waals surface area (Å²) in [5, 5.41) is 5.64.